The van der Waals surface area contributed by atoms with Crippen molar-refractivity contribution in [1.29, 1.82) is 0 Å². The van der Waals surface area contributed by atoms with Gasteiger partial charge in [-0.2, -0.15) is 0 Å². The zero-order valence-electron chi connectivity index (χ0n) is 19.5. The van der Waals surface area contributed by atoms with Crippen LogP contribution in [0.3, 0.4) is 0 Å². The molecule has 0 fully saturated rings. The van der Waals surface area contributed by atoms with Crippen LogP contribution >= 0.6 is 15.9 Å². The summed E-state index contributed by atoms with van der Waals surface area (Å²) < 4.78 is 19.5. The van der Waals surface area contributed by atoms with E-state index in [0.717, 1.165) is 86.2 Å². The van der Waals surface area contributed by atoms with Gasteiger partial charge in [-0.3, -0.25) is 0 Å². The molecule has 2 rings (SSSR count). The predicted molar refractivity (Wildman–Crippen MR) is 135 cm³/mol. The van der Waals surface area contributed by atoms with Gasteiger partial charge in [-0.1, -0.05) is 29.8 Å². The summed E-state index contributed by atoms with van der Waals surface area (Å²) >= 11 is 4.52. The molecule has 0 aliphatic carbocycles. The third-order valence-electron chi connectivity index (χ3n) is 4.52. The Bertz CT molecular complexity index is 693. The van der Waals surface area contributed by atoms with Crippen LogP contribution in [0.1, 0.15) is 32.3 Å². The van der Waals surface area contributed by atoms with Crippen LogP contribution < -0.4 is 12.6 Å². The Hall–Kier alpha value is -0.638. The van der Waals surface area contributed by atoms with Crippen LogP contribution in [-0.2, 0) is 11.3 Å². The zero-order chi connectivity index (χ0) is 23.0. The van der Waals surface area contributed by atoms with E-state index < -0.39 is 0 Å². The van der Waals surface area contributed by atoms with Crippen molar-refractivity contribution in [3.05, 3.63) is 54.1 Å². The molecule has 0 spiro atoms. The number of halogens is 1. The SMILES string of the molecule is CC.C[N+](C)(CCOCCOc1cc[c]([Pb])cc1)Cc1ccc(OCCCCBr)cc1. The standard InChI is InChI=1S/C23H32BrNO3.C2H6.Pb/c1-25(2,15-17-26-18-19-28-22-8-4-3-5-9-22)20-21-10-12-23(13-11-21)27-16-7-6-14-24;1-2;/h4-5,8-13H,6-7,14-20H2,1-2H3;1-2H3;/q+1;;. The Morgan fingerprint density at radius 3 is 1.97 bits per heavy atom. The molecule has 0 aromatic heterocycles. The van der Waals surface area contributed by atoms with Crippen molar-refractivity contribution in [3.8, 4) is 11.5 Å². The third kappa shape index (κ3) is 13.5. The van der Waals surface area contributed by atoms with Gasteiger partial charge in [0, 0.05) is 10.9 Å². The number of ether oxygens (including phenoxy) is 3. The molecule has 171 valence electrons. The van der Waals surface area contributed by atoms with E-state index in [9.17, 15) is 0 Å². The van der Waals surface area contributed by atoms with E-state index in [4.69, 9.17) is 14.2 Å². The molecule has 2 aromatic rings. The summed E-state index contributed by atoms with van der Waals surface area (Å²) in [6.07, 6.45) is 2.22. The summed E-state index contributed by atoms with van der Waals surface area (Å²) in [5.41, 5.74) is 1.31. The maximum atomic E-state index is 5.78. The number of alkyl halides is 1. The second-order valence-corrected chi connectivity index (χ2v) is 10.7. The molecule has 4 nitrogen and oxygen atoms in total. The first kappa shape index (κ1) is 28.4. The molecule has 0 atom stereocenters. The summed E-state index contributed by atoms with van der Waals surface area (Å²) in [5.74, 6) is 1.87. The average Bonchev–Trinajstić information content (AvgIpc) is 2.77. The van der Waals surface area contributed by atoms with Crippen molar-refractivity contribution < 1.29 is 18.7 Å². The summed E-state index contributed by atoms with van der Waals surface area (Å²) in [6, 6.07) is 16.8. The van der Waals surface area contributed by atoms with E-state index in [2.05, 4.69) is 66.4 Å². The minimum absolute atomic E-state index is 0.588. The molecule has 0 amide bonds. The van der Waals surface area contributed by atoms with Crippen molar-refractivity contribution in [2.24, 2.45) is 0 Å². The van der Waals surface area contributed by atoms with Crippen molar-refractivity contribution in [3.63, 3.8) is 0 Å². The minimum Gasteiger partial charge on any atom is -0.494 e. The molecule has 31 heavy (non-hydrogen) atoms. The average molecular weight is 688 g/mol. The molecule has 0 aliphatic heterocycles. The molecular formula is C25H38BrNO3Pb+. The number of rotatable bonds is 14. The van der Waals surface area contributed by atoms with E-state index in [1.807, 2.05) is 26.0 Å². The summed E-state index contributed by atoms with van der Waals surface area (Å²) in [4.78, 5) is 0. The maximum absolute atomic E-state index is 5.78. The van der Waals surface area contributed by atoms with Crippen LogP contribution in [0.4, 0.5) is 0 Å². The van der Waals surface area contributed by atoms with E-state index >= 15 is 0 Å². The molecule has 3 radical (unpaired) electrons. The molecular weight excluding hydrogens is 649 g/mol. The van der Waals surface area contributed by atoms with Crippen LogP contribution in [0.25, 0.3) is 0 Å². The quantitative estimate of drug-likeness (QED) is 0.125. The van der Waals surface area contributed by atoms with Gasteiger partial charge in [-0.05, 0) is 37.1 Å². The zero-order valence-corrected chi connectivity index (χ0v) is 25.0. The van der Waals surface area contributed by atoms with E-state index in [-0.39, 0.29) is 0 Å². The first-order valence-corrected chi connectivity index (χ1v) is 14.2. The summed E-state index contributed by atoms with van der Waals surface area (Å²) in [6.45, 7) is 8.63. The number of unbranched alkanes of at least 4 members (excludes halogenated alkanes) is 1. The van der Waals surface area contributed by atoms with Gasteiger partial charge in [0.15, 0.2) is 0 Å². The Balaban J connectivity index is 0.00000233. The van der Waals surface area contributed by atoms with Gasteiger partial charge in [-0.15, -0.1) is 0 Å². The first-order chi connectivity index (χ1) is 15.0. The molecule has 0 N–H and O–H groups in total. The van der Waals surface area contributed by atoms with Crippen molar-refractivity contribution in [1.82, 2.24) is 0 Å². The second-order valence-electron chi connectivity index (χ2n) is 7.69. The fourth-order valence-corrected chi connectivity index (χ4v) is 3.88. The minimum atomic E-state index is 0.588. The molecule has 6 heteroatoms. The summed E-state index contributed by atoms with van der Waals surface area (Å²) in [7, 11) is 4.47. The van der Waals surface area contributed by atoms with Crippen LogP contribution in [-0.4, -0.2) is 82.6 Å². The topological polar surface area (TPSA) is 27.7 Å². The molecule has 0 aliphatic rings. The molecule has 2 aromatic carbocycles. The molecule has 0 saturated carbocycles. The van der Waals surface area contributed by atoms with E-state index in [1.54, 1.807) is 0 Å². The predicted octanol–water partition coefficient (Wildman–Crippen LogP) is 4.73. The van der Waals surface area contributed by atoms with Gasteiger partial charge >= 0.3 is 120 Å². The van der Waals surface area contributed by atoms with Crippen molar-refractivity contribution in [2.45, 2.75) is 33.2 Å². The fourth-order valence-electron chi connectivity index (χ4n) is 2.83. The number of quaternary nitrogens is 1. The van der Waals surface area contributed by atoms with E-state index in [0.29, 0.717) is 13.2 Å². The van der Waals surface area contributed by atoms with Gasteiger partial charge in [0.2, 0.25) is 0 Å². The van der Waals surface area contributed by atoms with Crippen LogP contribution in [0.5, 0.6) is 11.5 Å². The van der Waals surface area contributed by atoms with Gasteiger partial charge in [0.1, 0.15) is 5.75 Å². The third-order valence-corrected chi connectivity index (χ3v) is 6.38. The smallest absolute Gasteiger partial charge is 0.494 e. The number of nitrogens with zero attached hydrogens (tertiary/aromatic N) is 1. The van der Waals surface area contributed by atoms with Crippen LogP contribution in [0.2, 0.25) is 0 Å². The van der Waals surface area contributed by atoms with E-state index in [1.165, 1.54) is 8.69 Å². The van der Waals surface area contributed by atoms with Gasteiger partial charge < -0.3 is 4.74 Å². The Morgan fingerprint density at radius 1 is 0.774 bits per heavy atom. The number of benzene rings is 2. The van der Waals surface area contributed by atoms with Crippen molar-refractivity contribution in [2.75, 3.05) is 52.4 Å². The summed E-state index contributed by atoms with van der Waals surface area (Å²) in [5, 5.41) is 1.03. The fraction of sp³-hybridized carbons (Fsp3) is 0.520. The Morgan fingerprint density at radius 2 is 1.35 bits per heavy atom. The number of hydrogen-bond acceptors (Lipinski definition) is 3. The van der Waals surface area contributed by atoms with Crippen LogP contribution in [0, 0.1) is 0 Å². The molecule has 0 heterocycles. The van der Waals surface area contributed by atoms with Gasteiger partial charge in [0.05, 0.1) is 6.61 Å². The van der Waals surface area contributed by atoms with Crippen LogP contribution in [0.15, 0.2) is 48.5 Å². The molecule has 0 saturated heterocycles. The monoisotopic (exact) mass is 687 g/mol. The first-order valence-electron chi connectivity index (χ1n) is 11.1. The molecule has 0 bridgehead atoms. The van der Waals surface area contributed by atoms with Gasteiger partial charge in [0.25, 0.3) is 0 Å². The Labute approximate surface area is 213 Å². The van der Waals surface area contributed by atoms with Gasteiger partial charge in [-0.25, -0.2) is 0 Å². The number of hydrogen-bond donors (Lipinski definition) is 0. The second kappa shape index (κ2) is 16.9. The van der Waals surface area contributed by atoms with Crippen molar-refractivity contribution >= 4 is 44.8 Å². The number of likely N-dealkylation sites (N-methyl/N-ethyl adjacent to an activating group) is 1. The molecule has 0 unspecified atom stereocenters. The normalized spacial score (nSPS) is 10.9. The Kier molecular flexibility index (Phi) is 15.5.